The zero-order valence-electron chi connectivity index (χ0n) is 8.66. The molecule has 0 saturated carbocycles. The van der Waals surface area contributed by atoms with Crippen LogP contribution in [0.3, 0.4) is 0 Å². The zero-order valence-corrected chi connectivity index (χ0v) is 8.66. The van der Waals surface area contributed by atoms with E-state index < -0.39 is 11.6 Å². The molecule has 1 spiro atoms. The lowest BCUT2D eigenvalue weighted by molar-refractivity contribution is -0.124. The maximum Gasteiger partial charge on any atom is 0.322 e. The molecule has 3 rings (SSSR count). The van der Waals surface area contributed by atoms with Crippen molar-refractivity contribution in [1.82, 2.24) is 10.6 Å². The van der Waals surface area contributed by atoms with Gasteiger partial charge in [0, 0.05) is 12.0 Å². The van der Waals surface area contributed by atoms with Crippen molar-refractivity contribution in [3.63, 3.8) is 0 Å². The lowest BCUT2D eigenvalue weighted by atomic mass is 9.83. The number of nitrogens with one attached hydrogen (secondary N) is 2. The fourth-order valence-corrected chi connectivity index (χ4v) is 2.27. The summed E-state index contributed by atoms with van der Waals surface area (Å²) in [7, 11) is 0. The highest BCUT2D eigenvalue weighted by molar-refractivity contribution is 6.08. The molecule has 1 aromatic rings. The number of furan rings is 1. The fraction of sp³-hybridized carbons (Fsp3) is 0.273. The van der Waals surface area contributed by atoms with E-state index in [2.05, 4.69) is 10.6 Å². The Labute approximate surface area is 91.5 Å². The van der Waals surface area contributed by atoms with Crippen molar-refractivity contribution in [3.8, 4) is 0 Å². The van der Waals surface area contributed by atoms with E-state index in [4.69, 9.17) is 4.42 Å². The molecule has 1 aromatic heterocycles. The van der Waals surface area contributed by atoms with Crippen LogP contribution in [-0.4, -0.2) is 11.9 Å². The van der Waals surface area contributed by atoms with Crippen molar-refractivity contribution in [3.05, 3.63) is 29.2 Å². The summed E-state index contributed by atoms with van der Waals surface area (Å²) in [5.74, 6) is 1.05. The Morgan fingerprint density at radius 2 is 2.25 bits per heavy atom. The van der Waals surface area contributed by atoms with Gasteiger partial charge < -0.3 is 9.73 Å². The Kier molecular flexibility index (Phi) is 1.58. The minimum absolute atomic E-state index is 0.316. The number of aryl methyl sites for hydroxylation is 1. The Morgan fingerprint density at radius 3 is 2.94 bits per heavy atom. The standard InChI is InChI=1S/C11H10N2O3/c1-6-5-7-8(16-6)3-2-4-11(7)9(14)12-10(15)13-11/h2-3,5H,4H2,1H3,(H2,12,13,14,15). The quantitative estimate of drug-likeness (QED) is 0.639. The van der Waals surface area contributed by atoms with Crippen LogP contribution in [0.4, 0.5) is 4.79 Å². The highest BCUT2D eigenvalue weighted by Crippen LogP contribution is 2.37. The molecular weight excluding hydrogens is 208 g/mol. The molecule has 2 aliphatic rings. The summed E-state index contributed by atoms with van der Waals surface area (Å²) in [6, 6.07) is 1.34. The molecule has 5 heteroatoms. The van der Waals surface area contributed by atoms with Crippen molar-refractivity contribution in [1.29, 1.82) is 0 Å². The fourth-order valence-electron chi connectivity index (χ4n) is 2.27. The van der Waals surface area contributed by atoms with Crippen LogP contribution in [0.5, 0.6) is 0 Å². The minimum Gasteiger partial charge on any atom is -0.462 e. The van der Waals surface area contributed by atoms with E-state index >= 15 is 0 Å². The van der Waals surface area contributed by atoms with Crippen LogP contribution in [0.1, 0.15) is 23.5 Å². The lowest BCUT2D eigenvalue weighted by Gasteiger charge is -2.26. The van der Waals surface area contributed by atoms with Crippen molar-refractivity contribution < 1.29 is 14.0 Å². The van der Waals surface area contributed by atoms with Crippen LogP contribution < -0.4 is 10.6 Å². The minimum atomic E-state index is -0.973. The lowest BCUT2D eigenvalue weighted by Crippen LogP contribution is -2.44. The summed E-state index contributed by atoms with van der Waals surface area (Å²) in [5.41, 5.74) is -0.241. The molecule has 1 unspecified atom stereocenters. The largest absolute Gasteiger partial charge is 0.462 e. The second kappa shape index (κ2) is 2.75. The van der Waals surface area contributed by atoms with E-state index in [1.165, 1.54) is 0 Å². The third kappa shape index (κ3) is 0.997. The van der Waals surface area contributed by atoms with Gasteiger partial charge in [-0.15, -0.1) is 0 Å². The molecule has 1 aliphatic heterocycles. The summed E-state index contributed by atoms with van der Waals surface area (Å²) < 4.78 is 5.46. The predicted molar refractivity (Wildman–Crippen MR) is 55.4 cm³/mol. The van der Waals surface area contributed by atoms with Crippen LogP contribution in [0, 0.1) is 6.92 Å². The first-order valence-electron chi connectivity index (χ1n) is 5.03. The number of rotatable bonds is 0. The van der Waals surface area contributed by atoms with Gasteiger partial charge in [0.05, 0.1) is 0 Å². The first-order valence-corrected chi connectivity index (χ1v) is 5.03. The molecule has 5 nitrogen and oxygen atoms in total. The van der Waals surface area contributed by atoms with Crippen molar-refractivity contribution in [2.45, 2.75) is 18.9 Å². The van der Waals surface area contributed by atoms with Gasteiger partial charge in [0.1, 0.15) is 11.5 Å². The molecule has 1 aliphatic carbocycles. The van der Waals surface area contributed by atoms with Crippen LogP contribution in [0.25, 0.3) is 6.08 Å². The molecule has 2 N–H and O–H groups in total. The first kappa shape index (κ1) is 9.21. The molecule has 3 amide bonds. The van der Waals surface area contributed by atoms with E-state index in [1.807, 2.05) is 19.1 Å². The topological polar surface area (TPSA) is 71.3 Å². The summed E-state index contributed by atoms with van der Waals surface area (Å²) in [6.45, 7) is 1.81. The highest BCUT2D eigenvalue weighted by atomic mass is 16.3. The van der Waals surface area contributed by atoms with Gasteiger partial charge in [0.2, 0.25) is 0 Å². The second-order valence-corrected chi connectivity index (χ2v) is 4.06. The Bertz CT molecular complexity index is 529. The molecule has 82 valence electrons. The van der Waals surface area contributed by atoms with E-state index in [0.29, 0.717) is 12.2 Å². The monoisotopic (exact) mass is 218 g/mol. The van der Waals surface area contributed by atoms with Gasteiger partial charge in [0.15, 0.2) is 5.54 Å². The summed E-state index contributed by atoms with van der Waals surface area (Å²) in [4.78, 5) is 23.1. The predicted octanol–water partition coefficient (Wildman–Crippen LogP) is 1.04. The molecule has 2 heterocycles. The van der Waals surface area contributed by atoms with E-state index in [1.54, 1.807) is 6.07 Å². The van der Waals surface area contributed by atoms with Gasteiger partial charge >= 0.3 is 6.03 Å². The van der Waals surface area contributed by atoms with Gasteiger partial charge in [0.25, 0.3) is 5.91 Å². The first-order chi connectivity index (χ1) is 7.62. The molecule has 0 bridgehead atoms. The Balaban J connectivity index is 2.20. The van der Waals surface area contributed by atoms with Crippen LogP contribution >= 0.6 is 0 Å². The Morgan fingerprint density at radius 1 is 1.44 bits per heavy atom. The molecule has 1 atom stereocenters. The SMILES string of the molecule is Cc1cc2c(o1)C=CCC21NC(=O)NC1=O. The van der Waals surface area contributed by atoms with Gasteiger partial charge in [-0.1, -0.05) is 6.08 Å². The summed E-state index contributed by atoms with van der Waals surface area (Å²) in [6.07, 6.45) is 4.11. The second-order valence-electron chi connectivity index (χ2n) is 4.06. The number of imide groups is 1. The van der Waals surface area contributed by atoms with Gasteiger partial charge in [-0.3, -0.25) is 10.1 Å². The van der Waals surface area contributed by atoms with Crippen molar-refractivity contribution in [2.24, 2.45) is 0 Å². The number of urea groups is 1. The van der Waals surface area contributed by atoms with Crippen LogP contribution in [-0.2, 0) is 10.3 Å². The number of hydrogen-bond donors (Lipinski definition) is 2. The normalized spacial score (nSPS) is 26.8. The summed E-state index contributed by atoms with van der Waals surface area (Å²) >= 11 is 0. The molecule has 0 radical (unpaired) electrons. The maximum absolute atomic E-state index is 11.9. The van der Waals surface area contributed by atoms with Crippen molar-refractivity contribution >= 4 is 18.0 Å². The maximum atomic E-state index is 11.9. The smallest absolute Gasteiger partial charge is 0.322 e. The number of carbonyl (C=O) groups is 2. The number of carbonyl (C=O) groups excluding carboxylic acids is 2. The molecule has 0 aromatic carbocycles. The molecule has 1 fully saturated rings. The number of fused-ring (bicyclic) bond motifs is 2. The number of hydrogen-bond acceptors (Lipinski definition) is 3. The third-order valence-electron chi connectivity index (χ3n) is 2.98. The highest BCUT2D eigenvalue weighted by Gasteiger charge is 2.50. The third-order valence-corrected chi connectivity index (χ3v) is 2.98. The van der Waals surface area contributed by atoms with Gasteiger partial charge in [-0.25, -0.2) is 4.79 Å². The molecule has 16 heavy (non-hydrogen) atoms. The zero-order chi connectivity index (χ0) is 11.3. The van der Waals surface area contributed by atoms with E-state index in [0.717, 1.165) is 11.3 Å². The van der Waals surface area contributed by atoms with Gasteiger partial charge in [-0.05, 0) is 19.1 Å². The number of amides is 3. The molecular formula is C11H10N2O3. The average Bonchev–Trinajstić information content (AvgIpc) is 2.70. The Hall–Kier alpha value is -2.04. The van der Waals surface area contributed by atoms with E-state index in [9.17, 15) is 9.59 Å². The van der Waals surface area contributed by atoms with Crippen molar-refractivity contribution in [2.75, 3.05) is 0 Å². The summed E-state index contributed by atoms with van der Waals surface area (Å²) in [5, 5.41) is 4.94. The molecule has 1 saturated heterocycles. The van der Waals surface area contributed by atoms with Crippen LogP contribution in [0.15, 0.2) is 16.6 Å². The van der Waals surface area contributed by atoms with E-state index in [-0.39, 0.29) is 5.91 Å². The van der Waals surface area contributed by atoms with Gasteiger partial charge in [-0.2, -0.15) is 0 Å². The van der Waals surface area contributed by atoms with Crippen LogP contribution in [0.2, 0.25) is 0 Å². The average molecular weight is 218 g/mol.